The Balaban J connectivity index is 1.22. The summed E-state index contributed by atoms with van der Waals surface area (Å²) in [4.78, 5) is 41.7. The quantitative estimate of drug-likeness (QED) is 0.516. The second-order valence-electron chi connectivity index (χ2n) is 10.7. The molecule has 1 saturated carbocycles. The highest BCUT2D eigenvalue weighted by molar-refractivity contribution is 6.27. The highest BCUT2D eigenvalue weighted by atomic mass is 35.5. The Morgan fingerprint density at radius 2 is 2.03 bits per heavy atom. The van der Waals surface area contributed by atoms with Gasteiger partial charge in [-0.15, -0.1) is 11.6 Å². The van der Waals surface area contributed by atoms with Crippen molar-refractivity contribution >= 4 is 40.7 Å². The number of piperidine rings is 1. The molecule has 1 aromatic rings. The number of benzene rings is 1. The van der Waals surface area contributed by atoms with E-state index in [0.29, 0.717) is 49.7 Å². The van der Waals surface area contributed by atoms with Crippen LogP contribution in [0.3, 0.4) is 0 Å². The van der Waals surface area contributed by atoms with Crippen molar-refractivity contribution < 1.29 is 18.8 Å². The van der Waals surface area contributed by atoms with Crippen molar-refractivity contribution in [2.45, 2.75) is 51.1 Å². The van der Waals surface area contributed by atoms with E-state index in [1.54, 1.807) is 4.90 Å². The van der Waals surface area contributed by atoms with E-state index in [2.05, 4.69) is 20.9 Å². The average Bonchev–Trinajstić information content (AvgIpc) is 3.03. The molecule has 3 fully saturated rings. The molecule has 1 aliphatic carbocycles. The highest BCUT2D eigenvalue weighted by Gasteiger charge is 2.56. The minimum Gasteiger partial charge on any atom is -0.384 e. The summed E-state index contributed by atoms with van der Waals surface area (Å²) in [6.45, 7) is 6.99. The standard InChI is InChI=1S/C25H33ClFN5O3/c1-3-28-19-8-16(27)7-18-21(19)30-23(35)24(18,2)32-6-4-5-17(12-32)29-22(34)15-9-25(10-15)13-31(14-25)20(33)11-26/h7-8,15,17,28H,3-6,9-14H2,1-2H3,(H,29,34)(H,30,35)/t17?,24-/m1/s1. The van der Waals surface area contributed by atoms with Gasteiger partial charge in [-0.05, 0) is 58.2 Å². The number of carbonyl (C=O) groups excluding carboxylic acids is 3. The van der Waals surface area contributed by atoms with Gasteiger partial charge < -0.3 is 20.9 Å². The van der Waals surface area contributed by atoms with Crippen molar-refractivity contribution in [3.05, 3.63) is 23.5 Å². The lowest BCUT2D eigenvalue weighted by Crippen LogP contribution is -2.66. The second kappa shape index (κ2) is 8.92. The van der Waals surface area contributed by atoms with E-state index in [1.807, 2.05) is 13.8 Å². The van der Waals surface area contributed by atoms with Gasteiger partial charge in [0.05, 0.1) is 11.4 Å². The number of anilines is 2. The third-order valence-corrected chi connectivity index (χ3v) is 8.55. The third kappa shape index (κ3) is 4.06. The Kier molecular flexibility index (Phi) is 6.20. The van der Waals surface area contributed by atoms with Crippen LogP contribution in [0.1, 0.15) is 45.1 Å². The Morgan fingerprint density at radius 3 is 2.71 bits per heavy atom. The zero-order valence-corrected chi connectivity index (χ0v) is 21.0. The number of hydrogen-bond acceptors (Lipinski definition) is 5. The van der Waals surface area contributed by atoms with Crippen LogP contribution in [-0.4, -0.2) is 72.2 Å². The molecule has 3 N–H and O–H groups in total. The van der Waals surface area contributed by atoms with E-state index < -0.39 is 5.54 Å². The molecule has 0 aromatic heterocycles. The van der Waals surface area contributed by atoms with Crippen LogP contribution in [0, 0.1) is 17.2 Å². The molecular weight excluding hydrogens is 473 g/mol. The summed E-state index contributed by atoms with van der Waals surface area (Å²) >= 11 is 5.63. The Bertz CT molecular complexity index is 1050. The normalized spacial score (nSPS) is 27.6. The minimum absolute atomic E-state index is 0.00264. The van der Waals surface area contributed by atoms with Crippen molar-refractivity contribution in [3.63, 3.8) is 0 Å². The van der Waals surface area contributed by atoms with Gasteiger partial charge in [-0.3, -0.25) is 19.3 Å². The number of nitrogens with one attached hydrogen (secondary N) is 3. The number of hydrogen-bond donors (Lipinski definition) is 3. The van der Waals surface area contributed by atoms with Gasteiger partial charge in [-0.2, -0.15) is 0 Å². The zero-order chi connectivity index (χ0) is 25.0. The maximum absolute atomic E-state index is 14.5. The van der Waals surface area contributed by atoms with Crippen LogP contribution in [0.5, 0.6) is 0 Å². The van der Waals surface area contributed by atoms with E-state index in [9.17, 15) is 18.8 Å². The monoisotopic (exact) mass is 505 g/mol. The van der Waals surface area contributed by atoms with Crippen LogP contribution in [0.25, 0.3) is 0 Å². The molecule has 1 aromatic carbocycles. The maximum Gasteiger partial charge on any atom is 0.249 e. The van der Waals surface area contributed by atoms with Crippen molar-refractivity contribution in [1.29, 1.82) is 0 Å². The molecule has 2 saturated heterocycles. The predicted molar refractivity (Wildman–Crippen MR) is 132 cm³/mol. The van der Waals surface area contributed by atoms with Gasteiger partial charge in [0.25, 0.3) is 0 Å². The number of rotatable bonds is 6. The van der Waals surface area contributed by atoms with Crippen LogP contribution < -0.4 is 16.0 Å². The first-order valence-electron chi connectivity index (χ1n) is 12.5. The van der Waals surface area contributed by atoms with Crippen molar-refractivity contribution in [3.8, 4) is 0 Å². The molecule has 35 heavy (non-hydrogen) atoms. The van der Waals surface area contributed by atoms with Crippen LogP contribution in [-0.2, 0) is 19.9 Å². The van der Waals surface area contributed by atoms with Crippen LogP contribution in [0.4, 0.5) is 15.8 Å². The van der Waals surface area contributed by atoms with Crippen molar-refractivity contribution in [1.82, 2.24) is 15.1 Å². The number of halogens is 2. The molecular formula is C25H33ClFN5O3. The van der Waals surface area contributed by atoms with E-state index in [-0.39, 0.29) is 46.8 Å². The van der Waals surface area contributed by atoms with Crippen molar-refractivity contribution in [2.24, 2.45) is 11.3 Å². The number of likely N-dealkylation sites (tertiary alicyclic amines) is 2. The first-order valence-corrected chi connectivity index (χ1v) is 13.0. The van der Waals surface area contributed by atoms with E-state index in [4.69, 9.17) is 11.6 Å². The molecule has 2 atom stereocenters. The molecule has 0 bridgehead atoms. The lowest BCUT2D eigenvalue weighted by atomic mass is 9.57. The molecule has 10 heteroatoms. The van der Waals surface area contributed by atoms with Gasteiger partial charge in [-0.1, -0.05) is 0 Å². The fourth-order valence-electron chi connectivity index (χ4n) is 6.40. The van der Waals surface area contributed by atoms with Crippen molar-refractivity contribution in [2.75, 3.05) is 49.2 Å². The molecule has 3 aliphatic heterocycles. The first kappa shape index (κ1) is 24.3. The largest absolute Gasteiger partial charge is 0.384 e. The van der Waals surface area contributed by atoms with E-state index >= 15 is 0 Å². The molecule has 8 nitrogen and oxygen atoms in total. The molecule has 0 radical (unpaired) electrons. The molecule has 190 valence electrons. The molecule has 5 rings (SSSR count). The second-order valence-corrected chi connectivity index (χ2v) is 11.0. The van der Waals surface area contributed by atoms with Crippen LogP contribution >= 0.6 is 11.6 Å². The minimum atomic E-state index is -1.00. The predicted octanol–water partition coefficient (Wildman–Crippen LogP) is 2.48. The molecule has 1 unspecified atom stereocenters. The average molecular weight is 506 g/mol. The number of fused-ring (bicyclic) bond motifs is 1. The van der Waals surface area contributed by atoms with Gasteiger partial charge in [0.2, 0.25) is 17.7 Å². The van der Waals surface area contributed by atoms with E-state index in [0.717, 1.165) is 25.7 Å². The lowest BCUT2D eigenvalue weighted by Gasteiger charge is -2.58. The number of nitrogens with zero attached hydrogens (tertiary/aromatic N) is 2. The van der Waals surface area contributed by atoms with Crippen LogP contribution in [0.15, 0.2) is 12.1 Å². The lowest BCUT2D eigenvalue weighted by molar-refractivity contribution is -0.158. The number of alkyl halides is 1. The van der Waals surface area contributed by atoms with Gasteiger partial charge in [0.1, 0.15) is 17.2 Å². The Hall–Kier alpha value is -2.39. The molecule has 3 amide bonds. The Labute approximate surface area is 209 Å². The van der Waals surface area contributed by atoms with Gasteiger partial charge in [0.15, 0.2) is 0 Å². The first-order chi connectivity index (χ1) is 16.7. The SMILES string of the molecule is CCNc1cc(F)cc2c1NC(=O)[C@]2(C)N1CCCC(NC(=O)C2CC3(C2)CN(C(=O)CCl)C3)C1. The van der Waals surface area contributed by atoms with Gasteiger partial charge in [0, 0.05) is 49.1 Å². The smallest absolute Gasteiger partial charge is 0.249 e. The summed E-state index contributed by atoms with van der Waals surface area (Å²) in [6, 6.07) is 2.78. The summed E-state index contributed by atoms with van der Waals surface area (Å²) < 4.78 is 14.5. The van der Waals surface area contributed by atoms with Gasteiger partial charge in [-0.25, -0.2) is 4.39 Å². The highest BCUT2D eigenvalue weighted by Crippen LogP contribution is 2.52. The third-order valence-electron chi connectivity index (χ3n) is 8.32. The molecule has 4 aliphatic rings. The zero-order valence-electron chi connectivity index (χ0n) is 20.3. The maximum atomic E-state index is 14.5. The number of amides is 3. The Morgan fingerprint density at radius 1 is 1.29 bits per heavy atom. The topological polar surface area (TPSA) is 93.8 Å². The van der Waals surface area contributed by atoms with E-state index in [1.165, 1.54) is 12.1 Å². The summed E-state index contributed by atoms with van der Waals surface area (Å²) in [5.41, 5.74) is 0.926. The number of carbonyl (C=O) groups is 3. The summed E-state index contributed by atoms with van der Waals surface area (Å²) in [5.74, 6) is -0.594. The fourth-order valence-corrected chi connectivity index (χ4v) is 6.57. The summed E-state index contributed by atoms with van der Waals surface area (Å²) in [5, 5.41) is 9.31. The fraction of sp³-hybridized carbons (Fsp3) is 0.640. The molecule has 3 heterocycles. The summed E-state index contributed by atoms with van der Waals surface area (Å²) in [6.07, 6.45) is 3.26. The van der Waals surface area contributed by atoms with Crippen LogP contribution in [0.2, 0.25) is 0 Å². The molecule has 1 spiro atoms. The summed E-state index contributed by atoms with van der Waals surface area (Å²) in [7, 11) is 0. The van der Waals surface area contributed by atoms with Gasteiger partial charge >= 0.3 is 0 Å².